The summed E-state index contributed by atoms with van der Waals surface area (Å²) in [5.74, 6) is 2.38. The fraction of sp³-hybridized carbons (Fsp3) is 0.696. The molecular formula is C23H42IN5O2. The predicted molar refractivity (Wildman–Crippen MR) is 140 cm³/mol. The van der Waals surface area contributed by atoms with Crippen LogP contribution in [0.1, 0.15) is 39.2 Å². The van der Waals surface area contributed by atoms with Crippen molar-refractivity contribution >= 4 is 29.9 Å². The van der Waals surface area contributed by atoms with Crippen LogP contribution in [0.15, 0.2) is 23.2 Å². The minimum atomic E-state index is 0. The molecule has 1 aromatic rings. The SMILES string of the molecule is CCN(CC)CCOc1ccc(CNC(=NC)NCC2CCCN2CC)cc1OC.I. The van der Waals surface area contributed by atoms with Crippen LogP contribution in [0, 0.1) is 0 Å². The summed E-state index contributed by atoms with van der Waals surface area (Å²) in [5.41, 5.74) is 1.13. The topological polar surface area (TPSA) is 61.4 Å². The maximum absolute atomic E-state index is 5.95. The number of methoxy groups -OCH3 is 1. The average Bonchev–Trinajstić information content (AvgIpc) is 3.25. The molecule has 1 aliphatic rings. The first-order valence-electron chi connectivity index (χ1n) is 11.4. The van der Waals surface area contributed by atoms with Crippen LogP contribution in [0.4, 0.5) is 0 Å². The third-order valence-electron chi connectivity index (χ3n) is 5.88. The summed E-state index contributed by atoms with van der Waals surface area (Å²) in [5, 5.41) is 6.88. The second kappa shape index (κ2) is 15.5. The first-order chi connectivity index (χ1) is 14.6. The highest BCUT2D eigenvalue weighted by Crippen LogP contribution is 2.28. The van der Waals surface area contributed by atoms with Crippen LogP contribution in [0.25, 0.3) is 0 Å². The maximum atomic E-state index is 5.95. The van der Waals surface area contributed by atoms with Crippen LogP contribution in [0.3, 0.4) is 0 Å². The van der Waals surface area contributed by atoms with Gasteiger partial charge in [-0.25, -0.2) is 0 Å². The Labute approximate surface area is 206 Å². The first kappa shape index (κ1) is 27.8. The van der Waals surface area contributed by atoms with Gasteiger partial charge in [0.1, 0.15) is 6.61 Å². The molecule has 0 saturated carbocycles. The molecular weight excluding hydrogens is 505 g/mol. The average molecular weight is 548 g/mol. The minimum Gasteiger partial charge on any atom is -0.493 e. The molecule has 2 rings (SSSR count). The van der Waals surface area contributed by atoms with Crippen LogP contribution in [-0.4, -0.2) is 81.8 Å². The molecule has 1 aliphatic heterocycles. The zero-order chi connectivity index (χ0) is 21.8. The van der Waals surface area contributed by atoms with E-state index in [0.29, 0.717) is 19.2 Å². The standard InChI is InChI=1S/C23H41N5O2.HI/c1-6-27(7-2)14-15-30-21-12-11-19(16-22(21)29-5)17-25-23(24-4)26-18-20-10-9-13-28(20)8-3;/h11-12,16,20H,6-10,13-15,17-18H2,1-5H3,(H2,24,25,26);1H. The van der Waals surface area contributed by atoms with Gasteiger partial charge >= 0.3 is 0 Å². The highest BCUT2D eigenvalue weighted by Gasteiger charge is 2.22. The summed E-state index contributed by atoms with van der Waals surface area (Å²) in [6.45, 7) is 14.1. The second-order valence-corrected chi connectivity index (χ2v) is 7.59. The molecule has 0 aromatic heterocycles. The number of hydrogen-bond donors (Lipinski definition) is 2. The van der Waals surface area contributed by atoms with Crippen LogP contribution < -0.4 is 20.1 Å². The van der Waals surface area contributed by atoms with Gasteiger partial charge in [-0.3, -0.25) is 9.89 Å². The van der Waals surface area contributed by atoms with Crippen molar-refractivity contribution in [3.05, 3.63) is 23.8 Å². The molecule has 8 heteroatoms. The molecule has 1 fully saturated rings. The lowest BCUT2D eigenvalue weighted by molar-refractivity contribution is 0.217. The highest BCUT2D eigenvalue weighted by molar-refractivity contribution is 14.0. The molecule has 1 saturated heterocycles. The number of hydrogen-bond acceptors (Lipinski definition) is 5. The molecule has 1 atom stereocenters. The van der Waals surface area contributed by atoms with Gasteiger partial charge in [0.2, 0.25) is 0 Å². The molecule has 31 heavy (non-hydrogen) atoms. The Morgan fingerprint density at radius 1 is 1.19 bits per heavy atom. The molecule has 0 spiro atoms. The van der Waals surface area contributed by atoms with E-state index < -0.39 is 0 Å². The Morgan fingerprint density at radius 3 is 2.61 bits per heavy atom. The Balaban J connectivity index is 0.00000480. The molecule has 0 amide bonds. The molecule has 7 nitrogen and oxygen atoms in total. The lowest BCUT2D eigenvalue weighted by Crippen LogP contribution is -2.44. The number of nitrogens with one attached hydrogen (secondary N) is 2. The van der Waals surface area contributed by atoms with Crippen molar-refractivity contribution < 1.29 is 9.47 Å². The van der Waals surface area contributed by atoms with Crippen molar-refractivity contribution in [2.24, 2.45) is 4.99 Å². The Morgan fingerprint density at radius 2 is 1.97 bits per heavy atom. The van der Waals surface area contributed by atoms with E-state index in [9.17, 15) is 0 Å². The third-order valence-corrected chi connectivity index (χ3v) is 5.88. The van der Waals surface area contributed by atoms with Crippen molar-refractivity contribution in [2.75, 3.05) is 60.0 Å². The lowest BCUT2D eigenvalue weighted by atomic mass is 10.2. The van der Waals surface area contributed by atoms with E-state index in [1.165, 1.54) is 19.4 Å². The maximum Gasteiger partial charge on any atom is 0.191 e. The van der Waals surface area contributed by atoms with Crippen LogP contribution >= 0.6 is 24.0 Å². The van der Waals surface area contributed by atoms with Gasteiger partial charge in [0.25, 0.3) is 0 Å². The van der Waals surface area contributed by atoms with Crippen LogP contribution in [-0.2, 0) is 6.54 Å². The molecule has 1 unspecified atom stereocenters. The monoisotopic (exact) mass is 547 g/mol. The number of aliphatic imine (C=N–C) groups is 1. The van der Waals surface area contributed by atoms with E-state index in [0.717, 1.165) is 55.7 Å². The van der Waals surface area contributed by atoms with E-state index >= 15 is 0 Å². The number of benzene rings is 1. The van der Waals surface area contributed by atoms with Gasteiger partial charge in [-0.15, -0.1) is 24.0 Å². The van der Waals surface area contributed by atoms with Crippen molar-refractivity contribution in [3.63, 3.8) is 0 Å². The van der Waals surface area contributed by atoms with Crippen LogP contribution in [0.5, 0.6) is 11.5 Å². The van der Waals surface area contributed by atoms with E-state index in [1.807, 2.05) is 19.2 Å². The van der Waals surface area contributed by atoms with Gasteiger partial charge in [0, 0.05) is 32.7 Å². The fourth-order valence-corrected chi connectivity index (χ4v) is 3.93. The highest BCUT2D eigenvalue weighted by atomic mass is 127. The van der Waals surface area contributed by atoms with E-state index in [4.69, 9.17) is 9.47 Å². The molecule has 0 bridgehead atoms. The second-order valence-electron chi connectivity index (χ2n) is 7.59. The smallest absolute Gasteiger partial charge is 0.191 e. The van der Waals surface area contributed by atoms with Gasteiger partial charge in [-0.1, -0.05) is 26.8 Å². The lowest BCUT2D eigenvalue weighted by Gasteiger charge is -2.24. The van der Waals surface area contributed by atoms with Gasteiger partial charge in [0.05, 0.1) is 7.11 Å². The Kier molecular flexibility index (Phi) is 13.9. The summed E-state index contributed by atoms with van der Waals surface area (Å²) in [7, 11) is 3.50. The molecule has 178 valence electrons. The summed E-state index contributed by atoms with van der Waals surface area (Å²) >= 11 is 0. The number of rotatable bonds is 12. The van der Waals surface area contributed by atoms with Crippen molar-refractivity contribution in [2.45, 2.75) is 46.2 Å². The third kappa shape index (κ3) is 9.02. The Hall–Kier alpha value is -1.26. The van der Waals surface area contributed by atoms with Gasteiger partial charge in [-0.05, 0) is 56.7 Å². The number of halogens is 1. The summed E-state index contributed by atoms with van der Waals surface area (Å²) in [6.07, 6.45) is 2.54. The predicted octanol–water partition coefficient (Wildman–Crippen LogP) is 3.18. The van der Waals surface area contributed by atoms with Crippen molar-refractivity contribution in [1.29, 1.82) is 0 Å². The van der Waals surface area contributed by atoms with E-state index in [1.54, 1.807) is 7.11 Å². The number of nitrogens with zero attached hydrogens (tertiary/aromatic N) is 3. The molecule has 2 N–H and O–H groups in total. The zero-order valence-corrected chi connectivity index (χ0v) is 22.3. The van der Waals surface area contributed by atoms with Crippen molar-refractivity contribution in [3.8, 4) is 11.5 Å². The number of ether oxygens (including phenoxy) is 2. The molecule has 1 aromatic carbocycles. The van der Waals surface area contributed by atoms with E-state index in [2.05, 4.69) is 52.3 Å². The summed E-state index contributed by atoms with van der Waals surface area (Å²) in [6, 6.07) is 6.70. The number of guanidine groups is 1. The first-order valence-corrected chi connectivity index (χ1v) is 11.4. The molecule has 0 radical (unpaired) electrons. The largest absolute Gasteiger partial charge is 0.493 e. The van der Waals surface area contributed by atoms with Gasteiger partial charge in [0.15, 0.2) is 17.5 Å². The van der Waals surface area contributed by atoms with Gasteiger partial charge < -0.3 is 25.0 Å². The minimum absolute atomic E-state index is 0. The number of likely N-dealkylation sites (N-methyl/N-ethyl adjacent to an activating group) is 2. The van der Waals surface area contributed by atoms with Gasteiger partial charge in [-0.2, -0.15) is 0 Å². The zero-order valence-electron chi connectivity index (χ0n) is 19.9. The fourth-order valence-electron chi connectivity index (χ4n) is 3.93. The van der Waals surface area contributed by atoms with Crippen LogP contribution in [0.2, 0.25) is 0 Å². The van der Waals surface area contributed by atoms with E-state index in [-0.39, 0.29) is 24.0 Å². The van der Waals surface area contributed by atoms with Crippen molar-refractivity contribution in [1.82, 2.24) is 20.4 Å². The summed E-state index contributed by atoms with van der Waals surface area (Å²) < 4.78 is 11.5. The summed E-state index contributed by atoms with van der Waals surface area (Å²) in [4.78, 5) is 9.24. The quantitative estimate of drug-likeness (QED) is 0.238. The Bertz CT molecular complexity index is 655. The molecule has 1 heterocycles. The normalized spacial score (nSPS) is 16.8. The number of likely N-dealkylation sites (tertiary alicyclic amines) is 1. The molecule has 0 aliphatic carbocycles.